The molecule has 0 aromatic carbocycles. The number of halogens is 1. The average Bonchev–Trinajstić information content (AvgIpc) is 2.85. The molecule has 1 unspecified atom stereocenters. The Balaban J connectivity index is 1.67. The van der Waals surface area contributed by atoms with Crippen LogP contribution in [0.2, 0.25) is 0 Å². The van der Waals surface area contributed by atoms with Gasteiger partial charge in [0.05, 0.1) is 10.2 Å². The van der Waals surface area contributed by atoms with E-state index in [1.54, 1.807) is 0 Å². The Morgan fingerprint density at radius 2 is 2.15 bits per heavy atom. The zero-order valence-electron chi connectivity index (χ0n) is 11.5. The van der Waals surface area contributed by atoms with E-state index in [1.165, 1.54) is 18.5 Å². The van der Waals surface area contributed by atoms with Crippen molar-refractivity contribution < 1.29 is 0 Å². The highest BCUT2D eigenvalue weighted by atomic mass is 79.9. The molecule has 20 heavy (non-hydrogen) atoms. The molecule has 1 aliphatic heterocycles. The summed E-state index contributed by atoms with van der Waals surface area (Å²) in [6, 6.07) is 2.08. The van der Waals surface area contributed by atoms with Crippen LogP contribution < -0.4 is 0 Å². The van der Waals surface area contributed by atoms with Gasteiger partial charge in [-0.2, -0.15) is 5.10 Å². The highest BCUT2D eigenvalue weighted by Gasteiger charge is 2.23. The van der Waals surface area contributed by atoms with Crippen LogP contribution in [0.3, 0.4) is 0 Å². The minimum absolute atomic E-state index is 0.435. The van der Waals surface area contributed by atoms with Crippen LogP contribution in [0.25, 0.3) is 0 Å². The monoisotopic (exact) mass is 335 g/mol. The predicted octanol–water partition coefficient (Wildman–Crippen LogP) is 2.35. The number of aromatic nitrogens is 4. The van der Waals surface area contributed by atoms with Crippen LogP contribution in [0.4, 0.5) is 0 Å². The summed E-state index contributed by atoms with van der Waals surface area (Å²) in [5, 5.41) is 4.23. The fraction of sp³-hybridized carbons (Fsp3) is 0.500. The summed E-state index contributed by atoms with van der Waals surface area (Å²) in [7, 11) is 1.99. The van der Waals surface area contributed by atoms with Gasteiger partial charge in [-0.25, -0.2) is 9.97 Å². The third kappa shape index (κ3) is 3.07. The third-order valence-electron chi connectivity index (χ3n) is 3.82. The maximum Gasteiger partial charge on any atom is 0.132 e. The molecule has 0 N–H and O–H groups in total. The van der Waals surface area contributed by atoms with E-state index in [1.807, 2.05) is 30.3 Å². The second-order valence-electron chi connectivity index (χ2n) is 5.28. The molecule has 1 atom stereocenters. The molecular formula is C14H18BrN5. The van der Waals surface area contributed by atoms with Crippen LogP contribution in [-0.4, -0.2) is 37.7 Å². The maximum absolute atomic E-state index is 4.45. The summed E-state index contributed by atoms with van der Waals surface area (Å²) in [6.07, 6.45) is 7.89. The fourth-order valence-corrected chi connectivity index (χ4v) is 2.93. The lowest BCUT2D eigenvalue weighted by Crippen LogP contribution is -2.35. The van der Waals surface area contributed by atoms with Crippen LogP contribution >= 0.6 is 15.9 Å². The van der Waals surface area contributed by atoms with E-state index in [-0.39, 0.29) is 0 Å². The van der Waals surface area contributed by atoms with Gasteiger partial charge in [-0.3, -0.25) is 9.58 Å². The first-order chi connectivity index (χ1) is 9.72. The summed E-state index contributed by atoms with van der Waals surface area (Å²) in [5.41, 5.74) is 1.25. The lowest BCUT2D eigenvalue weighted by molar-refractivity contribution is 0.192. The summed E-state index contributed by atoms with van der Waals surface area (Å²) >= 11 is 3.38. The van der Waals surface area contributed by atoms with E-state index in [2.05, 4.69) is 42.0 Å². The van der Waals surface area contributed by atoms with Crippen LogP contribution in [0.1, 0.15) is 30.3 Å². The topological polar surface area (TPSA) is 46.8 Å². The third-order valence-corrected chi connectivity index (χ3v) is 4.23. The molecular weight excluding hydrogens is 318 g/mol. The standard InChI is InChI=1S/C14H18BrN5/c1-19-13(4-5-18-19)10-20-6-2-3-11(9-20)14-16-7-12(15)8-17-14/h4-5,7-8,11H,2-3,6,9-10H2,1H3. The highest BCUT2D eigenvalue weighted by molar-refractivity contribution is 9.10. The molecule has 2 aromatic rings. The van der Waals surface area contributed by atoms with Gasteiger partial charge in [-0.05, 0) is 41.4 Å². The summed E-state index contributed by atoms with van der Waals surface area (Å²) in [6.45, 7) is 3.11. The molecule has 0 aliphatic carbocycles. The molecule has 1 fully saturated rings. The van der Waals surface area contributed by atoms with Crippen molar-refractivity contribution in [2.75, 3.05) is 13.1 Å². The van der Waals surface area contributed by atoms with Gasteiger partial charge in [0.1, 0.15) is 5.82 Å². The number of nitrogens with zero attached hydrogens (tertiary/aromatic N) is 5. The van der Waals surface area contributed by atoms with E-state index in [4.69, 9.17) is 0 Å². The highest BCUT2D eigenvalue weighted by Crippen LogP contribution is 2.25. The van der Waals surface area contributed by atoms with E-state index in [0.717, 1.165) is 29.9 Å². The summed E-state index contributed by atoms with van der Waals surface area (Å²) in [4.78, 5) is 11.4. The van der Waals surface area contributed by atoms with Crippen molar-refractivity contribution >= 4 is 15.9 Å². The van der Waals surface area contributed by atoms with Gasteiger partial charge in [-0.15, -0.1) is 0 Å². The molecule has 3 heterocycles. The first-order valence-corrected chi connectivity index (χ1v) is 7.68. The second-order valence-corrected chi connectivity index (χ2v) is 6.20. The quantitative estimate of drug-likeness (QED) is 0.863. The van der Waals surface area contributed by atoms with E-state index in [9.17, 15) is 0 Å². The van der Waals surface area contributed by atoms with Crippen molar-refractivity contribution in [2.24, 2.45) is 7.05 Å². The summed E-state index contributed by atoms with van der Waals surface area (Å²) < 4.78 is 2.88. The Bertz CT molecular complexity index is 565. The van der Waals surface area contributed by atoms with Crippen molar-refractivity contribution in [3.8, 4) is 0 Å². The molecule has 5 nitrogen and oxygen atoms in total. The molecule has 2 aromatic heterocycles. The lowest BCUT2D eigenvalue weighted by Gasteiger charge is -2.31. The largest absolute Gasteiger partial charge is 0.297 e. The molecule has 0 spiro atoms. The SMILES string of the molecule is Cn1nccc1CN1CCCC(c2ncc(Br)cn2)C1. The molecule has 0 radical (unpaired) electrons. The first kappa shape index (κ1) is 13.7. The van der Waals surface area contributed by atoms with Crippen molar-refractivity contribution in [1.82, 2.24) is 24.6 Å². The van der Waals surface area contributed by atoms with E-state index < -0.39 is 0 Å². The number of rotatable bonds is 3. The number of hydrogen-bond acceptors (Lipinski definition) is 4. The van der Waals surface area contributed by atoms with E-state index in [0.29, 0.717) is 5.92 Å². The van der Waals surface area contributed by atoms with Gasteiger partial charge in [0.15, 0.2) is 0 Å². The molecule has 1 aliphatic rings. The molecule has 1 saturated heterocycles. The second kappa shape index (κ2) is 6.01. The Morgan fingerprint density at radius 3 is 2.85 bits per heavy atom. The average molecular weight is 336 g/mol. The van der Waals surface area contributed by atoms with Gasteiger partial charge >= 0.3 is 0 Å². The van der Waals surface area contributed by atoms with Crippen molar-refractivity contribution in [3.63, 3.8) is 0 Å². The molecule has 6 heteroatoms. The van der Waals surface area contributed by atoms with Gasteiger partial charge in [0.25, 0.3) is 0 Å². The van der Waals surface area contributed by atoms with Crippen LogP contribution in [0, 0.1) is 0 Å². The van der Waals surface area contributed by atoms with Crippen LogP contribution in [0.5, 0.6) is 0 Å². The van der Waals surface area contributed by atoms with Crippen LogP contribution in [0.15, 0.2) is 29.1 Å². The molecule has 0 bridgehead atoms. The zero-order valence-corrected chi connectivity index (χ0v) is 13.1. The molecule has 3 rings (SSSR count). The van der Waals surface area contributed by atoms with Gasteiger partial charge in [0, 0.05) is 44.6 Å². The van der Waals surface area contributed by atoms with Crippen molar-refractivity contribution in [2.45, 2.75) is 25.3 Å². The number of piperidine rings is 1. The van der Waals surface area contributed by atoms with Crippen LogP contribution in [-0.2, 0) is 13.6 Å². The minimum Gasteiger partial charge on any atom is -0.297 e. The maximum atomic E-state index is 4.45. The normalized spacial score (nSPS) is 20.2. The van der Waals surface area contributed by atoms with Gasteiger partial charge in [0.2, 0.25) is 0 Å². The fourth-order valence-electron chi connectivity index (χ4n) is 2.73. The first-order valence-electron chi connectivity index (χ1n) is 6.89. The Hall–Kier alpha value is -1.27. The smallest absolute Gasteiger partial charge is 0.132 e. The van der Waals surface area contributed by atoms with E-state index >= 15 is 0 Å². The van der Waals surface area contributed by atoms with Crippen molar-refractivity contribution in [3.05, 3.63) is 40.6 Å². The number of aryl methyl sites for hydroxylation is 1. The number of hydrogen-bond donors (Lipinski definition) is 0. The zero-order chi connectivity index (χ0) is 13.9. The van der Waals surface area contributed by atoms with Crippen molar-refractivity contribution in [1.29, 1.82) is 0 Å². The van der Waals surface area contributed by atoms with Gasteiger partial charge < -0.3 is 0 Å². The lowest BCUT2D eigenvalue weighted by atomic mass is 9.97. The Labute approximate surface area is 127 Å². The molecule has 0 saturated carbocycles. The molecule has 0 amide bonds. The number of likely N-dealkylation sites (tertiary alicyclic amines) is 1. The Kier molecular flexibility index (Phi) is 4.12. The van der Waals surface area contributed by atoms with Gasteiger partial charge in [-0.1, -0.05) is 0 Å². The Morgan fingerprint density at radius 1 is 1.35 bits per heavy atom. The predicted molar refractivity (Wildman–Crippen MR) is 80.2 cm³/mol. The molecule has 106 valence electrons. The summed E-state index contributed by atoms with van der Waals surface area (Å²) in [5.74, 6) is 1.40. The minimum atomic E-state index is 0.435.